The molecule has 1 atom stereocenters. The van der Waals surface area contributed by atoms with E-state index in [0.717, 1.165) is 0 Å². The third-order valence-electron chi connectivity index (χ3n) is 3.81. The highest BCUT2D eigenvalue weighted by molar-refractivity contribution is 7.92. The van der Waals surface area contributed by atoms with E-state index in [-0.39, 0.29) is 17.5 Å². The normalized spacial score (nSPS) is 18.6. The fourth-order valence-electron chi connectivity index (χ4n) is 2.59. The molecule has 3 nitrogen and oxygen atoms in total. The molecular formula is C15H20FNO2S. The van der Waals surface area contributed by atoms with Gasteiger partial charge in [0.25, 0.3) is 0 Å². The van der Waals surface area contributed by atoms with Crippen LogP contribution in [0.5, 0.6) is 0 Å². The van der Waals surface area contributed by atoms with Gasteiger partial charge in [0.1, 0.15) is 5.82 Å². The van der Waals surface area contributed by atoms with E-state index in [9.17, 15) is 12.8 Å². The fourth-order valence-corrected chi connectivity index (χ4v) is 4.65. The number of hydrogen-bond acceptors (Lipinski definition) is 3. The SMILES string of the molecule is C=CC(Cc1ccccc1F)S(=O)(=O)C1CCNCC1. The predicted molar refractivity (Wildman–Crippen MR) is 78.9 cm³/mol. The lowest BCUT2D eigenvalue weighted by atomic mass is 10.1. The Balaban J connectivity index is 2.19. The Morgan fingerprint density at radius 2 is 2.00 bits per heavy atom. The van der Waals surface area contributed by atoms with E-state index < -0.39 is 15.1 Å². The van der Waals surface area contributed by atoms with Crippen molar-refractivity contribution >= 4 is 9.84 Å². The summed E-state index contributed by atoms with van der Waals surface area (Å²) < 4.78 is 38.9. The monoisotopic (exact) mass is 297 g/mol. The molecule has 1 fully saturated rings. The van der Waals surface area contributed by atoms with Crippen molar-refractivity contribution in [2.75, 3.05) is 13.1 Å². The van der Waals surface area contributed by atoms with Crippen LogP contribution in [0.15, 0.2) is 36.9 Å². The van der Waals surface area contributed by atoms with Crippen molar-refractivity contribution in [1.82, 2.24) is 5.32 Å². The first kappa shape index (κ1) is 15.2. The van der Waals surface area contributed by atoms with E-state index in [1.54, 1.807) is 18.2 Å². The molecular weight excluding hydrogens is 277 g/mol. The lowest BCUT2D eigenvalue weighted by molar-refractivity contribution is 0.492. The molecule has 1 saturated heterocycles. The number of benzene rings is 1. The minimum absolute atomic E-state index is 0.155. The Bertz CT molecular complexity index is 565. The summed E-state index contributed by atoms with van der Waals surface area (Å²) in [5, 5.41) is 2.08. The molecule has 1 aliphatic rings. The second kappa shape index (κ2) is 6.50. The van der Waals surface area contributed by atoms with Gasteiger partial charge in [-0.05, 0) is 44.0 Å². The number of hydrogen-bond donors (Lipinski definition) is 1. The Morgan fingerprint density at radius 3 is 2.60 bits per heavy atom. The Labute approximate surface area is 119 Å². The van der Waals surface area contributed by atoms with E-state index >= 15 is 0 Å². The number of piperidine rings is 1. The lowest BCUT2D eigenvalue weighted by Crippen LogP contribution is -2.40. The average molecular weight is 297 g/mol. The van der Waals surface area contributed by atoms with Crippen molar-refractivity contribution < 1.29 is 12.8 Å². The van der Waals surface area contributed by atoms with Crippen molar-refractivity contribution in [2.45, 2.75) is 29.8 Å². The van der Waals surface area contributed by atoms with E-state index in [4.69, 9.17) is 0 Å². The smallest absolute Gasteiger partial charge is 0.159 e. The summed E-state index contributed by atoms with van der Waals surface area (Å²) in [5.41, 5.74) is 0.426. The highest BCUT2D eigenvalue weighted by atomic mass is 32.2. The van der Waals surface area contributed by atoms with Crippen LogP contribution in [0.3, 0.4) is 0 Å². The third kappa shape index (κ3) is 3.27. The Hall–Kier alpha value is -1.20. The van der Waals surface area contributed by atoms with Crippen LogP contribution in [0.1, 0.15) is 18.4 Å². The average Bonchev–Trinajstić information content (AvgIpc) is 2.47. The van der Waals surface area contributed by atoms with Gasteiger partial charge < -0.3 is 5.32 Å². The summed E-state index contributed by atoms with van der Waals surface area (Å²) in [6.07, 6.45) is 2.82. The molecule has 1 aromatic rings. The van der Waals surface area contributed by atoms with Gasteiger partial charge in [0.2, 0.25) is 0 Å². The molecule has 110 valence electrons. The first-order valence-corrected chi connectivity index (χ1v) is 8.46. The van der Waals surface area contributed by atoms with Gasteiger partial charge in [-0.2, -0.15) is 0 Å². The highest BCUT2D eigenvalue weighted by Gasteiger charge is 2.33. The molecule has 1 aromatic carbocycles. The Morgan fingerprint density at radius 1 is 1.35 bits per heavy atom. The van der Waals surface area contributed by atoms with Crippen molar-refractivity contribution in [1.29, 1.82) is 0 Å². The second-order valence-corrected chi connectivity index (χ2v) is 7.56. The molecule has 2 rings (SSSR count). The van der Waals surface area contributed by atoms with Crippen molar-refractivity contribution in [3.05, 3.63) is 48.3 Å². The highest BCUT2D eigenvalue weighted by Crippen LogP contribution is 2.22. The molecule has 0 amide bonds. The first-order chi connectivity index (χ1) is 9.55. The quantitative estimate of drug-likeness (QED) is 0.847. The molecule has 1 heterocycles. The maximum Gasteiger partial charge on any atom is 0.159 e. The van der Waals surface area contributed by atoms with E-state index in [0.29, 0.717) is 31.5 Å². The summed E-state index contributed by atoms with van der Waals surface area (Å²) in [6, 6.07) is 6.30. The molecule has 5 heteroatoms. The van der Waals surface area contributed by atoms with Crippen LogP contribution < -0.4 is 5.32 Å². The van der Waals surface area contributed by atoms with Gasteiger partial charge in [0.15, 0.2) is 9.84 Å². The maximum absolute atomic E-state index is 13.7. The van der Waals surface area contributed by atoms with Gasteiger partial charge in [-0.1, -0.05) is 24.3 Å². The summed E-state index contributed by atoms with van der Waals surface area (Å²) in [7, 11) is -3.31. The molecule has 0 aromatic heterocycles. The van der Waals surface area contributed by atoms with Crippen LogP contribution in [0, 0.1) is 5.82 Å². The van der Waals surface area contributed by atoms with Gasteiger partial charge in [0, 0.05) is 0 Å². The van der Waals surface area contributed by atoms with E-state index in [1.807, 2.05) is 0 Å². The maximum atomic E-state index is 13.7. The summed E-state index contributed by atoms with van der Waals surface area (Å²) in [6.45, 7) is 5.06. The van der Waals surface area contributed by atoms with Gasteiger partial charge in [-0.15, -0.1) is 6.58 Å². The van der Waals surface area contributed by atoms with Crippen LogP contribution in [-0.2, 0) is 16.3 Å². The van der Waals surface area contributed by atoms with Crippen LogP contribution in [-0.4, -0.2) is 32.0 Å². The molecule has 0 radical (unpaired) electrons. The van der Waals surface area contributed by atoms with E-state index in [1.165, 1.54) is 12.1 Å². The zero-order valence-electron chi connectivity index (χ0n) is 11.4. The summed E-state index contributed by atoms with van der Waals surface area (Å²) >= 11 is 0. The number of rotatable bonds is 5. The number of nitrogens with one attached hydrogen (secondary N) is 1. The minimum Gasteiger partial charge on any atom is -0.317 e. The third-order valence-corrected chi connectivity index (χ3v) is 6.42. The van der Waals surface area contributed by atoms with E-state index in [2.05, 4.69) is 11.9 Å². The molecule has 0 saturated carbocycles. The van der Waals surface area contributed by atoms with Gasteiger partial charge in [-0.3, -0.25) is 0 Å². The topological polar surface area (TPSA) is 46.2 Å². The predicted octanol–water partition coefficient (Wildman–Crippen LogP) is 2.09. The molecule has 0 aliphatic carbocycles. The zero-order valence-corrected chi connectivity index (χ0v) is 12.2. The standard InChI is InChI=1S/C15H20FNO2S/c1-2-13(11-12-5-3-4-6-15(12)16)20(18,19)14-7-9-17-10-8-14/h2-6,13-14,17H,1,7-11H2. The van der Waals surface area contributed by atoms with Crippen LogP contribution >= 0.6 is 0 Å². The fraction of sp³-hybridized carbons (Fsp3) is 0.467. The number of sulfone groups is 1. The minimum atomic E-state index is -3.31. The largest absolute Gasteiger partial charge is 0.317 e. The van der Waals surface area contributed by atoms with Crippen LogP contribution in [0.2, 0.25) is 0 Å². The molecule has 1 unspecified atom stereocenters. The molecule has 1 N–H and O–H groups in total. The Kier molecular flexibility index (Phi) is 4.94. The van der Waals surface area contributed by atoms with Crippen molar-refractivity contribution in [3.63, 3.8) is 0 Å². The summed E-state index contributed by atoms with van der Waals surface area (Å²) in [5.74, 6) is -0.361. The number of halogens is 1. The molecule has 0 spiro atoms. The molecule has 1 aliphatic heterocycles. The second-order valence-electron chi connectivity index (χ2n) is 5.11. The van der Waals surface area contributed by atoms with Gasteiger partial charge in [-0.25, -0.2) is 12.8 Å². The van der Waals surface area contributed by atoms with Gasteiger partial charge >= 0.3 is 0 Å². The first-order valence-electron chi connectivity index (χ1n) is 6.85. The lowest BCUT2D eigenvalue weighted by Gasteiger charge is -2.26. The zero-order chi connectivity index (χ0) is 14.6. The summed E-state index contributed by atoms with van der Waals surface area (Å²) in [4.78, 5) is 0. The molecule has 0 bridgehead atoms. The van der Waals surface area contributed by atoms with Gasteiger partial charge in [0.05, 0.1) is 10.5 Å². The van der Waals surface area contributed by atoms with Crippen molar-refractivity contribution in [2.24, 2.45) is 0 Å². The molecule has 20 heavy (non-hydrogen) atoms. The van der Waals surface area contributed by atoms with Crippen LogP contribution in [0.4, 0.5) is 4.39 Å². The van der Waals surface area contributed by atoms with Crippen molar-refractivity contribution in [3.8, 4) is 0 Å². The van der Waals surface area contributed by atoms with Crippen LogP contribution in [0.25, 0.3) is 0 Å².